The summed E-state index contributed by atoms with van der Waals surface area (Å²) < 4.78 is 76.5. The monoisotopic (exact) mass is 689 g/mol. The van der Waals surface area contributed by atoms with Crippen LogP contribution in [-0.4, -0.2) is 49.6 Å². The summed E-state index contributed by atoms with van der Waals surface area (Å²) >= 11 is 0. The summed E-state index contributed by atoms with van der Waals surface area (Å²) in [6, 6.07) is 16.4. The Bertz CT molecular complexity index is 2050. The molecule has 15 heteroatoms. The number of likely N-dealkylation sites (tertiary alicyclic amines) is 1. The molecule has 2 amide bonds. The Morgan fingerprint density at radius 1 is 1.00 bits per heavy atom. The Morgan fingerprint density at radius 3 is 2.54 bits per heavy atom. The molecule has 256 valence electrons. The van der Waals surface area contributed by atoms with Crippen LogP contribution in [0, 0.1) is 11.6 Å². The smallest absolute Gasteiger partial charge is 0.434 e. The third-order valence-corrected chi connectivity index (χ3v) is 7.91. The first-order chi connectivity index (χ1) is 24.0. The molecule has 0 spiro atoms. The Morgan fingerprint density at radius 2 is 1.80 bits per heavy atom. The van der Waals surface area contributed by atoms with E-state index in [1.807, 2.05) is 24.3 Å². The lowest BCUT2D eigenvalue weighted by Gasteiger charge is -2.32. The van der Waals surface area contributed by atoms with Crippen LogP contribution in [0.3, 0.4) is 0 Å². The summed E-state index contributed by atoms with van der Waals surface area (Å²) in [5, 5.41) is 9.03. The maximum absolute atomic E-state index is 15.1. The van der Waals surface area contributed by atoms with Crippen LogP contribution in [0.4, 0.5) is 39.3 Å². The van der Waals surface area contributed by atoms with Gasteiger partial charge in [-0.1, -0.05) is 18.7 Å². The van der Waals surface area contributed by atoms with Gasteiger partial charge in [-0.2, -0.15) is 23.3 Å². The van der Waals surface area contributed by atoms with Gasteiger partial charge in [0.25, 0.3) is 5.91 Å². The highest BCUT2D eigenvalue weighted by molar-refractivity contribution is 6.05. The van der Waals surface area contributed by atoms with Crippen LogP contribution in [0.1, 0.15) is 40.4 Å². The van der Waals surface area contributed by atoms with Crippen molar-refractivity contribution in [3.63, 3.8) is 0 Å². The second kappa shape index (κ2) is 14.2. The third-order valence-electron chi connectivity index (χ3n) is 7.91. The van der Waals surface area contributed by atoms with Gasteiger partial charge < -0.3 is 20.3 Å². The highest BCUT2D eigenvalue weighted by atomic mass is 19.4. The second-order valence-corrected chi connectivity index (χ2v) is 11.3. The summed E-state index contributed by atoms with van der Waals surface area (Å²) in [7, 11) is 0. The van der Waals surface area contributed by atoms with Crippen LogP contribution in [0.5, 0.6) is 11.6 Å². The highest BCUT2D eigenvalue weighted by Crippen LogP contribution is 2.35. The van der Waals surface area contributed by atoms with Gasteiger partial charge in [0.1, 0.15) is 5.82 Å². The molecule has 10 nitrogen and oxygen atoms in total. The van der Waals surface area contributed by atoms with Crippen molar-refractivity contribution in [1.82, 2.24) is 24.6 Å². The first kappa shape index (κ1) is 33.8. The van der Waals surface area contributed by atoms with Gasteiger partial charge in [0.15, 0.2) is 17.3 Å². The molecule has 5 aromatic rings. The van der Waals surface area contributed by atoms with E-state index in [1.165, 1.54) is 30.5 Å². The molecule has 1 saturated heterocycles. The SMILES string of the molecule is C=CC(=O)N1CCCC(c2cccc(Nc3nccc(Oc4ccc(NC(=O)c5cnn(-c6ccc(F)cc6)c5C(F)(F)F)cc4F)n3)c2)C1. The fourth-order valence-corrected chi connectivity index (χ4v) is 5.58. The van der Waals surface area contributed by atoms with Gasteiger partial charge >= 0.3 is 6.18 Å². The molecule has 0 aliphatic carbocycles. The van der Waals surface area contributed by atoms with Crippen molar-refractivity contribution in [2.45, 2.75) is 24.9 Å². The predicted molar refractivity (Wildman–Crippen MR) is 173 cm³/mol. The summed E-state index contributed by atoms with van der Waals surface area (Å²) in [5.41, 5.74) is -0.747. The average Bonchev–Trinajstić information content (AvgIpc) is 3.57. The second-order valence-electron chi connectivity index (χ2n) is 11.3. The van der Waals surface area contributed by atoms with Gasteiger partial charge in [0.2, 0.25) is 17.7 Å². The number of piperidine rings is 1. The minimum atomic E-state index is -5.00. The van der Waals surface area contributed by atoms with E-state index >= 15 is 4.39 Å². The number of halogens is 5. The lowest BCUT2D eigenvalue weighted by molar-refractivity contribution is -0.143. The number of rotatable bonds is 9. The number of alkyl halides is 3. The van der Waals surface area contributed by atoms with Crippen molar-refractivity contribution in [1.29, 1.82) is 0 Å². The Hall–Kier alpha value is -6.12. The van der Waals surface area contributed by atoms with Gasteiger partial charge in [0.05, 0.1) is 17.4 Å². The number of carbonyl (C=O) groups is 2. The third kappa shape index (κ3) is 7.61. The summed E-state index contributed by atoms with van der Waals surface area (Å²) in [4.78, 5) is 35.3. The molecular weight excluding hydrogens is 661 g/mol. The molecule has 3 aromatic carbocycles. The first-order valence-corrected chi connectivity index (χ1v) is 15.3. The van der Waals surface area contributed by atoms with E-state index < -0.39 is 35.0 Å². The van der Waals surface area contributed by atoms with Gasteiger partial charge in [-0.25, -0.2) is 18.4 Å². The molecule has 1 fully saturated rings. The maximum atomic E-state index is 15.1. The van der Waals surface area contributed by atoms with Crippen LogP contribution in [0.15, 0.2) is 97.8 Å². The Labute approximate surface area is 282 Å². The molecule has 1 atom stereocenters. The molecule has 0 radical (unpaired) electrons. The van der Waals surface area contributed by atoms with Gasteiger partial charge in [-0.3, -0.25) is 9.59 Å². The first-order valence-electron chi connectivity index (χ1n) is 15.3. The largest absolute Gasteiger partial charge is 0.436 e. The molecule has 0 saturated carbocycles. The van der Waals surface area contributed by atoms with E-state index in [2.05, 4.69) is 32.3 Å². The zero-order valence-electron chi connectivity index (χ0n) is 26.1. The summed E-state index contributed by atoms with van der Waals surface area (Å²) in [5.74, 6) is -2.86. The van der Waals surface area contributed by atoms with E-state index in [9.17, 15) is 27.2 Å². The number of amides is 2. The lowest BCUT2D eigenvalue weighted by atomic mass is 9.90. The van der Waals surface area contributed by atoms with Crippen molar-refractivity contribution in [3.8, 4) is 17.3 Å². The fraction of sp³-hybridized carbons (Fsp3) is 0.171. The molecule has 2 N–H and O–H groups in total. The van der Waals surface area contributed by atoms with Crippen molar-refractivity contribution < 1.29 is 36.3 Å². The summed E-state index contributed by atoms with van der Waals surface area (Å²) in [6.45, 7) is 4.84. The van der Waals surface area contributed by atoms with E-state index in [0.29, 0.717) is 23.5 Å². The number of anilines is 3. The van der Waals surface area contributed by atoms with Crippen molar-refractivity contribution >= 4 is 29.1 Å². The van der Waals surface area contributed by atoms with Crippen molar-refractivity contribution in [2.24, 2.45) is 0 Å². The van der Waals surface area contributed by atoms with Gasteiger partial charge in [0, 0.05) is 48.7 Å². The van der Waals surface area contributed by atoms with E-state index in [4.69, 9.17) is 4.74 Å². The van der Waals surface area contributed by atoms with Crippen LogP contribution < -0.4 is 15.4 Å². The number of nitrogens with one attached hydrogen (secondary N) is 2. The van der Waals surface area contributed by atoms with E-state index in [0.717, 1.165) is 54.9 Å². The summed E-state index contributed by atoms with van der Waals surface area (Å²) in [6.07, 6.45) is 0.247. The van der Waals surface area contributed by atoms with Crippen LogP contribution in [0.2, 0.25) is 0 Å². The zero-order valence-corrected chi connectivity index (χ0v) is 26.1. The number of benzene rings is 3. The molecule has 1 aliphatic rings. The molecule has 1 unspecified atom stereocenters. The van der Waals surface area contributed by atoms with Crippen molar-refractivity contribution in [3.05, 3.63) is 126 Å². The molecule has 2 aromatic heterocycles. The maximum Gasteiger partial charge on any atom is 0.434 e. The number of ether oxygens (including phenoxy) is 1. The van der Waals surface area contributed by atoms with Gasteiger partial charge in [-0.05, 0) is 73.0 Å². The van der Waals surface area contributed by atoms with E-state index in [-0.39, 0.29) is 40.8 Å². The molecule has 3 heterocycles. The predicted octanol–water partition coefficient (Wildman–Crippen LogP) is 7.64. The van der Waals surface area contributed by atoms with Crippen molar-refractivity contribution in [2.75, 3.05) is 23.7 Å². The number of carbonyl (C=O) groups excluding carboxylic acids is 2. The highest BCUT2D eigenvalue weighted by Gasteiger charge is 2.40. The minimum Gasteiger partial charge on any atom is -0.436 e. The number of hydrogen-bond donors (Lipinski definition) is 2. The normalized spacial score (nSPS) is 14.6. The average molecular weight is 690 g/mol. The number of nitrogens with zero attached hydrogens (tertiary/aromatic N) is 5. The standard InChI is InChI=1S/C35H28F5N7O3/c1-2-31(48)46-16-4-6-22(20-46)21-5-3-7-24(17-21)44-34-41-15-14-30(45-34)50-29-13-10-25(18-28(29)37)43-33(49)27-19-42-47(32(27)35(38,39)40)26-11-8-23(36)9-12-26/h2-3,5,7-15,17-19,22H,1,4,6,16,20H2,(H,43,49)(H,41,44,45). The van der Waals surface area contributed by atoms with Crippen LogP contribution in [0.25, 0.3) is 5.69 Å². The quantitative estimate of drug-likeness (QED) is 0.121. The number of hydrogen-bond acceptors (Lipinski definition) is 7. The minimum absolute atomic E-state index is 0.0109. The molecule has 0 bridgehead atoms. The molecular formula is C35H28F5N7O3. The number of aromatic nitrogens is 4. The van der Waals surface area contributed by atoms with Crippen LogP contribution >= 0.6 is 0 Å². The molecule has 6 rings (SSSR count). The Kier molecular flexibility index (Phi) is 9.56. The Balaban J connectivity index is 1.13. The topological polar surface area (TPSA) is 114 Å². The van der Waals surface area contributed by atoms with Crippen LogP contribution in [-0.2, 0) is 11.0 Å². The van der Waals surface area contributed by atoms with Gasteiger partial charge in [-0.15, -0.1) is 0 Å². The molecule has 1 aliphatic heterocycles. The van der Waals surface area contributed by atoms with E-state index in [1.54, 1.807) is 4.90 Å². The molecule has 50 heavy (non-hydrogen) atoms. The fourth-order valence-electron chi connectivity index (χ4n) is 5.58. The zero-order chi connectivity index (χ0) is 35.4. The lowest BCUT2D eigenvalue weighted by Crippen LogP contribution is -2.38.